The molecule has 9 nitrogen and oxygen atoms in total. The molecule has 0 saturated carbocycles. The Balaban J connectivity index is 1.57. The number of rotatable bonds is 10. The number of hydrogen-bond acceptors (Lipinski definition) is 10. The topological polar surface area (TPSA) is 110 Å². The first-order valence-electron chi connectivity index (χ1n) is 14.9. The maximum atomic E-state index is 14.1. The molecule has 248 valence electrons. The van der Waals surface area contributed by atoms with Crippen LogP contribution in [0.4, 0.5) is 14.5 Å². The van der Waals surface area contributed by atoms with E-state index in [9.17, 15) is 23.6 Å². The van der Waals surface area contributed by atoms with Crippen LogP contribution in [-0.2, 0) is 15.3 Å². The third kappa shape index (κ3) is 6.90. The predicted octanol–water partition coefficient (Wildman–Crippen LogP) is 5.68. The molecule has 0 bridgehead atoms. The Hall–Kier alpha value is -4.80. The Morgan fingerprint density at radius 1 is 1.19 bits per heavy atom. The van der Waals surface area contributed by atoms with Crippen LogP contribution in [0.15, 0.2) is 74.6 Å². The molecule has 3 heterocycles. The number of thioether (sulfide) groups is 1. The number of alkyl halides is 2. The van der Waals surface area contributed by atoms with Crippen LogP contribution in [0.3, 0.4) is 0 Å². The molecule has 4 aromatic rings. The van der Waals surface area contributed by atoms with Crippen molar-refractivity contribution in [2.45, 2.75) is 44.0 Å². The van der Waals surface area contributed by atoms with Crippen molar-refractivity contribution in [3.05, 3.63) is 113 Å². The molecule has 0 radical (unpaired) electrons. The number of aromatic nitrogens is 2. The molecule has 1 aliphatic rings. The van der Waals surface area contributed by atoms with Crippen LogP contribution in [0.25, 0.3) is 6.08 Å². The van der Waals surface area contributed by atoms with Crippen molar-refractivity contribution in [1.82, 2.24) is 9.55 Å². The molecule has 0 saturated heterocycles. The summed E-state index contributed by atoms with van der Waals surface area (Å²) in [6, 6.07) is 15.6. The molecule has 1 atom stereocenters. The van der Waals surface area contributed by atoms with Crippen molar-refractivity contribution in [1.29, 1.82) is 5.26 Å². The number of esters is 1. The Kier molecular flexibility index (Phi) is 10.5. The van der Waals surface area contributed by atoms with Gasteiger partial charge in [0, 0.05) is 31.1 Å². The first-order chi connectivity index (χ1) is 23.0. The van der Waals surface area contributed by atoms with Gasteiger partial charge >= 0.3 is 5.97 Å². The highest BCUT2D eigenvalue weighted by Crippen LogP contribution is 2.34. The summed E-state index contributed by atoms with van der Waals surface area (Å²) in [6.07, 6.45) is -1.02. The highest BCUT2D eigenvalue weighted by Gasteiger charge is 2.33. The smallest absolute Gasteiger partial charge is 0.338 e. The first-order valence-corrected chi connectivity index (χ1v) is 16.7. The molecule has 5 rings (SSSR count). The fourth-order valence-corrected chi connectivity index (χ4v) is 7.47. The van der Waals surface area contributed by atoms with Gasteiger partial charge in [-0.1, -0.05) is 29.5 Å². The van der Waals surface area contributed by atoms with Gasteiger partial charge in [-0.15, -0.1) is 11.8 Å². The quantitative estimate of drug-likeness (QED) is 0.155. The minimum Gasteiger partial charge on any atom is -0.496 e. The van der Waals surface area contributed by atoms with E-state index in [-0.39, 0.29) is 28.5 Å². The number of ether oxygens (including phenoxy) is 2. The number of nitrogens with zero attached hydrogens (tertiary/aromatic N) is 5. The summed E-state index contributed by atoms with van der Waals surface area (Å²) in [4.78, 5) is 38.4. The summed E-state index contributed by atoms with van der Waals surface area (Å²) in [7, 11) is 5.39. The molecular formula is C35H33F2N5O4S2. The minimum absolute atomic E-state index is 0.176. The second kappa shape index (κ2) is 14.5. The van der Waals surface area contributed by atoms with E-state index in [0.29, 0.717) is 43.0 Å². The second-order valence-corrected chi connectivity index (χ2v) is 13.1. The van der Waals surface area contributed by atoms with E-state index in [0.717, 1.165) is 23.0 Å². The highest BCUT2D eigenvalue weighted by molar-refractivity contribution is 7.98. The van der Waals surface area contributed by atoms with Gasteiger partial charge in [0.05, 0.1) is 41.1 Å². The van der Waals surface area contributed by atoms with Gasteiger partial charge in [-0.05, 0) is 73.9 Å². The number of benzene rings is 2. The van der Waals surface area contributed by atoms with Gasteiger partial charge in [-0.2, -0.15) is 5.26 Å². The van der Waals surface area contributed by atoms with Crippen molar-refractivity contribution in [2.75, 3.05) is 32.7 Å². The number of carbonyl (C=O) groups excluding carboxylic acids is 1. The monoisotopic (exact) mass is 689 g/mol. The number of halogens is 2. The third-order valence-electron chi connectivity index (χ3n) is 7.75. The Labute approximate surface area is 284 Å². The van der Waals surface area contributed by atoms with E-state index >= 15 is 0 Å². The molecular weight excluding hydrogens is 657 g/mol. The summed E-state index contributed by atoms with van der Waals surface area (Å²) in [5.41, 5.74) is 3.85. The fourth-order valence-electron chi connectivity index (χ4n) is 5.38. The molecule has 13 heteroatoms. The number of thiazole rings is 1. The van der Waals surface area contributed by atoms with Crippen molar-refractivity contribution < 1.29 is 23.0 Å². The van der Waals surface area contributed by atoms with Gasteiger partial charge in [0.2, 0.25) is 0 Å². The van der Waals surface area contributed by atoms with Gasteiger partial charge in [0.15, 0.2) is 4.80 Å². The number of methoxy groups -OCH3 is 1. The summed E-state index contributed by atoms with van der Waals surface area (Å²) in [6.45, 7) is 5.25. The average molecular weight is 690 g/mol. The number of hydrogen-bond donors (Lipinski definition) is 0. The van der Waals surface area contributed by atoms with Crippen LogP contribution >= 0.6 is 23.1 Å². The molecule has 48 heavy (non-hydrogen) atoms. The zero-order valence-corrected chi connectivity index (χ0v) is 28.8. The summed E-state index contributed by atoms with van der Waals surface area (Å²) < 4.78 is 39.8. The first kappa shape index (κ1) is 34.5. The van der Waals surface area contributed by atoms with Crippen LogP contribution in [0, 0.1) is 18.3 Å². The molecule has 0 fully saturated rings. The maximum Gasteiger partial charge on any atom is 0.338 e. The number of fused-ring (bicyclic) bond motifs is 1. The van der Waals surface area contributed by atoms with Gasteiger partial charge in [0.1, 0.15) is 22.5 Å². The number of aryl methyl sites for hydroxylation is 1. The minimum atomic E-state index is -2.77. The number of anilines is 1. The van der Waals surface area contributed by atoms with E-state index in [1.807, 2.05) is 49.3 Å². The predicted molar refractivity (Wildman–Crippen MR) is 182 cm³/mol. The van der Waals surface area contributed by atoms with Crippen LogP contribution in [-0.4, -0.2) is 43.3 Å². The molecule has 2 aromatic heterocycles. The lowest BCUT2D eigenvalue weighted by Gasteiger charge is -2.25. The summed E-state index contributed by atoms with van der Waals surface area (Å²) in [5.74, 6) is 0.290. The molecule has 2 aromatic carbocycles. The largest absolute Gasteiger partial charge is 0.496 e. The number of nitriles is 1. The Bertz CT molecular complexity index is 2130. The van der Waals surface area contributed by atoms with Crippen molar-refractivity contribution in [2.24, 2.45) is 4.99 Å². The van der Waals surface area contributed by atoms with Crippen molar-refractivity contribution in [3.63, 3.8) is 0 Å². The molecule has 0 N–H and O–H groups in total. The number of pyridine rings is 1. The average Bonchev–Trinajstić information content (AvgIpc) is 3.36. The summed E-state index contributed by atoms with van der Waals surface area (Å²) >= 11 is 2.37. The molecule has 0 spiro atoms. The van der Waals surface area contributed by atoms with E-state index in [2.05, 4.69) is 16.0 Å². The zero-order valence-electron chi connectivity index (χ0n) is 27.2. The molecule has 1 unspecified atom stereocenters. The fraction of sp³-hybridized carbons (Fsp3) is 0.286. The standard InChI is InChI=1S/C35H33F2N5O4S2/c1-7-46-34(44)29-20(3)39-35-42(30(29)22-9-11-24(12-10-22)41(4)5)33(43)28(48-35)16-21-8-13-27(45-6)23(15-21)18-47-32-25(17-38)19(2)14-26(40-32)31(36)37/h8-16,30-31H,7,18H2,1-6H3/b28-16-. The lowest BCUT2D eigenvalue weighted by Crippen LogP contribution is -2.39. The third-order valence-corrected chi connectivity index (χ3v) is 9.75. The van der Waals surface area contributed by atoms with Crippen LogP contribution < -0.4 is 24.5 Å². The van der Waals surface area contributed by atoms with E-state index in [1.165, 1.54) is 29.1 Å². The maximum absolute atomic E-state index is 14.1. The van der Waals surface area contributed by atoms with Crippen LogP contribution in [0.2, 0.25) is 0 Å². The highest BCUT2D eigenvalue weighted by atomic mass is 32.2. The van der Waals surface area contributed by atoms with Crippen molar-refractivity contribution >= 4 is 40.8 Å². The Morgan fingerprint density at radius 3 is 2.54 bits per heavy atom. The van der Waals surface area contributed by atoms with Gasteiger partial charge in [0.25, 0.3) is 12.0 Å². The lowest BCUT2D eigenvalue weighted by molar-refractivity contribution is -0.139. The van der Waals surface area contributed by atoms with E-state index in [4.69, 9.17) is 9.47 Å². The number of allylic oxidation sites excluding steroid dienone is 1. The van der Waals surface area contributed by atoms with Gasteiger partial charge in [-0.3, -0.25) is 9.36 Å². The van der Waals surface area contributed by atoms with Gasteiger partial charge in [-0.25, -0.2) is 23.6 Å². The van der Waals surface area contributed by atoms with Crippen LogP contribution in [0.5, 0.6) is 5.75 Å². The molecule has 0 amide bonds. The lowest BCUT2D eigenvalue weighted by atomic mass is 9.95. The van der Waals surface area contributed by atoms with Crippen LogP contribution in [0.1, 0.15) is 59.8 Å². The SMILES string of the molecule is CCOC(=O)C1=C(C)N=c2s/c(=C\c3ccc(OC)c(CSc4nc(C(F)F)cc(C)c4C#N)c3)c(=O)n2C1c1ccc(N(C)C)cc1. The van der Waals surface area contributed by atoms with Crippen molar-refractivity contribution in [3.8, 4) is 11.8 Å². The number of carbonyl (C=O) groups is 1. The second-order valence-electron chi connectivity index (χ2n) is 11.1. The Morgan fingerprint density at radius 2 is 1.92 bits per heavy atom. The van der Waals surface area contributed by atoms with Gasteiger partial charge < -0.3 is 14.4 Å². The van der Waals surface area contributed by atoms with E-state index < -0.39 is 24.1 Å². The molecule has 0 aliphatic carbocycles. The summed E-state index contributed by atoms with van der Waals surface area (Å²) in [5, 5.41) is 9.86. The zero-order chi connectivity index (χ0) is 34.7. The molecule has 1 aliphatic heterocycles. The normalized spacial score (nSPS) is 14.4. The van der Waals surface area contributed by atoms with E-state index in [1.54, 1.807) is 39.0 Å².